The molecule has 0 unspecified atom stereocenters. The number of carbonyl (C=O) groups is 2. The maximum Gasteiger partial charge on any atom is 0.227 e. The normalized spacial score (nSPS) is 19.0. The monoisotopic (exact) mass is 324 g/mol. The molecule has 2 amide bonds. The Kier molecular flexibility index (Phi) is 3.94. The van der Waals surface area contributed by atoms with Crippen molar-refractivity contribution in [2.24, 2.45) is 11.7 Å². The smallest absolute Gasteiger partial charge is 0.227 e. The van der Waals surface area contributed by atoms with E-state index in [-0.39, 0.29) is 18.2 Å². The molecule has 19 heavy (non-hydrogen) atoms. The highest BCUT2D eigenvalue weighted by Crippen LogP contribution is 2.31. The Morgan fingerprint density at radius 3 is 2.74 bits per heavy atom. The number of nitrogens with two attached hydrogens (primary N) is 1. The molecule has 1 heterocycles. The van der Waals surface area contributed by atoms with Crippen LogP contribution in [0.15, 0.2) is 16.6 Å². The van der Waals surface area contributed by atoms with Crippen molar-refractivity contribution in [2.45, 2.75) is 26.7 Å². The van der Waals surface area contributed by atoms with Gasteiger partial charge in [0.2, 0.25) is 11.8 Å². The lowest BCUT2D eigenvalue weighted by atomic mass is 10.1. The van der Waals surface area contributed by atoms with Gasteiger partial charge in [0.15, 0.2) is 0 Å². The lowest BCUT2D eigenvalue weighted by molar-refractivity contribution is -0.123. The number of nitrogens with zero attached hydrogens (tertiary/aromatic N) is 1. The lowest BCUT2D eigenvalue weighted by Crippen LogP contribution is -2.28. The van der Waals surface area contributed by atoms with Gasteiger partial charge in [-0.05, 0) is 36.6 Å². The van der Waals surface area contributed by atoms with Gasteiger partial charge in [0.05, 0.1) is 5.92 Å². The zero-order valence-electron chi connectivity index (χ0n) is 11.1. The van der Waals surface area contributed by atoms with E-state index in [1.807, 2.05) is 19.1 Å². The summed E-state index contributed by atoms with van der Waals surface area (Å²) >= 11 is 3.56. The van der Waals surface area contributed by atoms with Crippen molar-refractivity contribution in [2.75, 3.05) is 11.4 Å². The SMILES string of the molecule is CCc1cc(N2C[C@H](C(N)=O)CC2=O)cc(C)c1Br. The molecule has 1 aliphatic heterocycles. The molecule has 1 aliphatic rings. The molecule has 0 saturated carbocycles. The summed E-state index contributed by atoms with van der Waals surface area (Å²) in [5.74, 6) is -0.811. The molecule has 1 aromatic rings. The van der Waals surface area contributed by atoms with Crippen LogP contribution in [0.2, 0.25) is 0 Å². The molecule has 0 aliphatic carbocycles. The van der Waals surface area contributed by atoms with E-state index in [9.17, 15) is 9.59 Å². The molecule has 1 fully saturated rings. The number of rotatable bonds is 3. The Hall–Kier alpha value is -1.36. The second-order valence-electron chi connectivity index (χ2n) is 4.90. The van der Waals surface area contributed by atoms with Gasteiger partial charge < -0.3 is 10.6 Å². The maximum atomic E-state index is 12.0. The fourth-order valence-electron chi connectivity index (χ4n) is 2.38. The van der Waals surface area contributed by atoms with Gasteiger partial charge >= 0.3 is 0 Å². The maximum absolute atomic E-state index is 12.0. The lowest BCUT2D eigenvalue weighted by Gasteiger charge is -2.19. The standard InChI is InChI=1S/C14H17BrN2O2/c1-3-9-5-11(4-8(2)13(9)15)17-7-10(14(16)19)6-12(17)18/h4-5,10H,3,6-7H2,1-2H3,(H2,16,19)/t10-/m1/s1. The predicted molar refractivity (Wildman–Crippen MR) is 77.9 cm³/mol. The van der Waals surface area contributed by atoms with Crippen molar-refractivity contribution in [3.05, 3.63) is 27.7 Å². The highest BCUT2D eigenvalue weighted by Gasteiger charge is 2.34. The summed E-state index contributed by atoms with van der Waals surface area (Å²) in [5, 5.41) is 0. The van der Waals surface area contributed by atoms with Crippen LogP contribution in [0.25, 0.3) is 0 Å². The summed E-state index contributed by atoms with van der Waals surface area (Å²) in [6.45, 7) is 4.46. The summed E-state index contributed by atoms with van der Waals surface area (Å²) in [5.41, 5.74) is 8.38. The number of primary amides is 1. The summed E-state index contributed by atoms with van der Waals surface area (Å²) in [7, 11) is 0. The summed E-state index contributed by atoms with van der Waals surface area (Å²) in [6.07, 6.45) is 1.10. The molecule has 2 N–H and O–H groups in total. The van der Waals surface area contributed by atoms with Crippen LogP contribution in [0.5, 0.6) is 0 Å². The molecule has 4 nitrogen and oxygen atoms in total. The van der Waals surface area contributed by atoms with Crippen molar-refractivity contribution in [1.82, 2.24) is 0 Å². The third-order valence-corrected chi connectivity index (χ3v) is 4.67. The Bertz CT molecular complexity index is 542. The van der Waals surface area contributed by atoms with Gasteiger partial charge in [0.25, 0.3) is 0 Å². The average molecular weight is 325 g/mol. The van der Waals surface area contributed by atoms with Crippen LogP contribution in [-0.4, -0.2) is 18.4 Å². The molecule has 0 radical (unpaired) electrons. The minimum absolute atomic E-state index is 0.0347. The number of benzene rings is 1. The van der Waals surface area contributed by atoms with E-state index in [4.69, 9.17) is 5.73 Å². The first-order valence-corrected chi connectivity index (χ1v) is 7.12. The van der Waals surface area contributed by atoms with E-state index < -0.39 is 5.91 Å². The van der Waals surface area contributed by atoms with E-state index in [2.05, 4.69) is 22.9 Å². The van der Waals surface area contributed by atoms with Gasteiger partial charge in [-0.15, -0.1) is 0 Å². The zero-order valence-corrected chi connectivity index (χ0v) is 12.7. The first kappa shape index (κ1) is 14.1. The summed E-state index contributed by atoms with van der Waals surface area (Å²) in [6, 6.07) is 3.96. The average Bonchev–Trinajstić information content (AvgIpc) is 2.75. The van der Waals surface area contributed by atoms with Gasteiger partial charge in [-0.1, -0.05) is 22.9 Å². The largest absolute Gasteiger partial charge is 0.369 e. The Morgan fingerprint density at radius 2 is 2.21 bits per heavy atom. The van der Waals surface area contributed by atoms with E-state index in [0.717, 1.165) is 27.7 Å². The fourth-order valence-corrected chi connectivity index (χ4v) is 2.89. The van der Waals surface area contributed by atoms with Crippen molar-refractivity contribution in [1.29, 1.82) is 0 Å². The fraction of sp³-hybridized carbons (Fsp3) is 0.429. The van der Waals surface area contributed by atoms with Gasteiger partial charge in [-0.2, -0.15) is 0 Å². The Morgan fingerprint density at radius 1 is 1.53 bits per heavy atom. The quantitative estimate of drug-likeness (QED) is 0.926. The number of carbonyl (C=O) groups excluding carboxylic acids is 2. The van der Waals surface area contributed by atoms with Crippen molar-refractivity contribution in [3.63, 3.8) is 0 Å². The molecular weight excluding hydrogens is 308 g/mol. The molecule has 5 heteroatoms. The first-order valence-electron chi connectivity index (χ1n) is 6.32. The first-order chi connectivity index (χ1) is 8.93. The number of halogens is 1. The molecule has 0 bridgehead atoms. The third kappa shape index (κ3) is 2.66. The summed E-state index contributed by atoms with van der Waals surface area (Å²) in [4.78, 5) is 24.9. The highest BCUT2D eigenvalue weighted by molar-refractivity contribution is 9.10. The van der Waals surface area contributed by atoms with E-state index in [0.29, 0.717) is 6.54 Å². The van der Waals surface area contributed by atoms with E-state index >= 15 is 0 Å². The Balaban J connectivity index is 2.35. The van der Waals surface area contributed by atoms with Crippen LogP contribution in [-0.2, 0) is 16.0 Å². The number of aryl methyl sites for hydroxylation is 2. The van der Waals surface area contributed by atoms with Gasteiger partial charge in [-0.25, -0.2) is 0 Å². The third-order valence-electron chi connectivity index (χ3n) is 3.53. The molecule has 0 spiro atoms. The molecule has 102 valence electrons. The summed E-state index contributed by atoms with van der Waals surface area (Å²) < 4.78 is 1.08. The number of hydrogen-bond acceptors (Lipinski definition) is 2. The van der Waals surface area contributed by atoms with Crippen LogP contribution in [0.1, 0.15) is 24.5 Å². The molecule has 1 saturated heterocycles. The minimum atomic E-state index is -0.402. The second-order valence-corrected chi connectivity index (χ2v) is 5.69. The molecule has 1 aromatic carbocycles. The second kappa shape index (κ2) is 5.33. The topological polar surface area (TPSA) is 63.4 Å². The van der Waals surface area contributed by atoms with Gasteiger partial charge in [0.1, 0.15) is 0 Å². The van der Waals surface area contributed by atoms with Crippen LogP contribution < -0.4 is 10.6 Å². The van der Waals surface area contributed by atoms with Crippen molar-refractivity contribution in [3.8, 4) is 0 Å². The van der Waals surface area contributed by atoms with Crippen molar-refractivity contribution >= 4 is 33.4 Å². The van der Waals surface area contributed by atoms with E-state index in [1.54, 1.807) is 4.90 Å². The molecule has 2 rings (SSSR count). The van der Waals surface area contributed by atoms with E-state index in [1.165, 1.54) is 0 Å². The van der Waals surface area contributed by atoms with Crippen LogP contribution >= 0.6 is 15.9 Å². The number of amides is 2. The predicted octanol–water partition coefficient (Wildman–Crippen LogP) is 2.16. The van der Waals surface area contributed by atoms with Crippen LogP contribution in [0.3, 0.4) is 0 Å². The van der Waals surface area contributed by atoms with Crippen LogP contribution in [0, 0.1) is 12.8 Å². The van der Waals surface area contributed by atoms with Crippen LogP contribution in [0.4, 0.5) is 5.69 Å². The van der Waals surface area contributed by atoms with Gasteiger partial charge in [0, 0.05) is 23.1 Å². The molecule has 1 atom stereocenters. The minimum Gasteiger partial charge on any atom is -0.369 e. The molecular formula is C14H17BrN2O2. The molecule has 0 aromatic heterocycles. The number of anilines is 1. The van der Waals surface area contributed by atoms with Gasteiger partial charge in [-0.3, -0.25) is 9.59 Å². The zero-order chi connectivity index (χ0) is 14.2. The Labute approximate surface area is 121 Å². The highest BCUT2D eigenvalue weighted by atomic mass is 79.9. The number of hydrogen-bond donors (Lipinski definition) is 1. The van der Waals surface area contributed by atoms with Crippen molar-refractivity contribution < 1.29 is 9.59 Å².